The number of benzene rings is 3. The Labute approximate surface area is 174 Å². The molecule has 0 aliphatic rings. The van der Waals surface area contributed by atoms with Crippen LogP contribution in [0.1, 0.15) is 18.1 Å². The second-order valence-electron chi connectivity index (χ2n) is 7.00. The third-order valence-corrected chi connectivity index (χ3v) is 5.00. The predicted molar refractivity (Wildman–Crippen MR) is 120 cm³/mol. The lowest BCUT2D eigenvalue weighted by Gasteiger charge is -2.18. The van der Waals surface area contributed by atoms with Crippen LogP contribution in [0, 0.1) is 0 Å². The number of para-hydroxylation sites is 2. The summed E-state index contributed by atoms with van der Waals surface area (Å²) in [5.41, 5.74) is 11.2. The Balaban J connectivity index is 1.90. The molecule has 6 nitrogen and oxygen atoms in total. The van der Waals surface area contributed by atoms with Crippen molar-refractivity contribution < 1.29 is 14.6 Å². The molecule has 0 saturated carbocycles. The number of rotatable bonds is 6. The van der Waals surface area contributed by atoms with Crippen LogP contribution in [-0.4, -0.2) is 22.7 Å². The van der Waals surface area contributed by atoms with Gasteiger partial charge in [-0.15, -0.1) is 0 Å². The fourth-order valence-corrected chi connectivity index (χ4v) is 3.62. The summed E-state index contributed by atoms with van der Waals surface area (Å²) >= 11 is 0. The van der Waals surface area contributed by atoms with Gasteiger partial charge in [0.15, 0.2) is 0 Å². The predicted octanol–water partition coefficient (Wildman–Crippen LogP) is 4.31. The summed E-state index contributed by atoms with van der Waals surface area (Å²) in [4.78, 5) is 16.9. The van der Waals surface area contributed by atoms with Gasteiger partial charge in [-0.2, -0.15) is 0 Å². The number of aliphatic hydroxyl groups excluding tert-OH is 1. The molecule has 0 fully saturated rings. The number of hydrogen-bond donors (Lipinski definition) is 3. The minimum Gasteiger partial charge on any atom is -0.466 e. The molecule has 152 valence electrons. The first-order valence-electron chi connectivity index (χ1n) is 9.83. The second-order valence-corrected chi connectivity index (χ2v) is 7.00. The van der Waals surface area contributed by atoms with Crippen LogP contribution < -0.4 is 11.1 Å². The van der Waals surface area contributed by atoms with Crippen LogP contribution in [0.5, 0.6) is 0 Å². The zero-order chi connectivity index (χ0) is 21.1. The quantitative estimate of drug-likeness (QED) is 0.253. The highest BCUT2D eigenvalue weighted by molar-refractivity contribution is 6.09. The Bertz CT molecular complexity index is 1180. The van der Waals surface area contributed by atoms with E-state index < -0.39 is 0 Å². The summed E-state index contributed by atoms with van der Waals surface area (Å²) in [7, 11) is 0. The molecule has 3 aromatic carbocycles. The van der Waals surface area contributed by atoms with E-state index in [2.05, 4.69) is 5.32 Å². The topological polar surface area (TPSA) is 97.5 Å². The highest BCUT2D eigenvalue weighted by Gasteiger charge is 2.16. The summed E-state index contributed by atoms with van der Waals surface area (Å²) in [6, 6.07) is 19.2. The van der Waals surface area contributed by atoms with Gasteiger partial charge in [0.05, 0.1) is 36.4 Å². The number of ether oxygens (including phenoxy) is 1. The number of fused-ring (bicyclic) bond motifs is 2. The fourth-order valence-electron chi connectivity index (χ4n) is 3.62. The molecule has 0 amide bonds. The SMILES string of the molecule is CCOC(=O)Cc1c(N)cc(CO)cc1Nc1c2ccccc2nc2ccccc12. The molecule has 0 aliphatic heterocycles. The van der Waals surface area contributed by atoms with Crippen molar-refractivity contribution in [3.8, 4) is 0 Å². The fraction of sp³-hybridized carbons (Fsp3) is 0.167. The molecule has 0 saturated heterocycles. The van der Waals surface area contributed by atoms with E-state index in [9.17, 15) is 9.90 Å². The molecular weight excluding hydrogens is 378 g/mol. The Kier molecular flexibility index (Phi) is 5.50. The third kappa shape index (κ3) is 3.77. The van der Waals surface area contributed by atoms with Gasteiger partial charge in [-0.3, -0.25) is 4.79 Å². The van der Waals surface area contributed by atoms with Crippen molar-refractivity contribution in [2.24, 2.45) is 0 Å². The maximum absolute atomic E-state index is 12.2. The Morgan fingerprint density at radius 2 is 1.70 bits per heavy atom. The maximum Gasteiger partial charge on any atom is 0.310 e. The van der Waals surface area contributed by atoms with E-state index in [4.69, 9.17) is 15.5 Å². The van der Waals surface area contributed by atoms with Gasteiger partial charge in [0.2, 0.25) is 0 Å². The number of carbonyl (C=O) groups is 1. The van der Waals surface area contributed by atoms with Crippen molar-refractivity contribution in [3.05, 3.63) is 71.8 Å². The normalized spacial score (nSPS) is 11.0. The number of esters is 1. The number of pyridine rings is 1. The Morgan fingerprint density at radius 3 is 2.30 bits per heavy atom. The minimum atomic E-state index is -0.353. The van der Waals surface area contributed by atoms with Gasteiger partial charge in [-0.25, -0.2) is 4.98 Å². The first-order chi connectivity index (χ1) is 14.6. The molecule has 0 aliphatic carbocycles. The number of aromatic nitrogens is 1. The van der Waals surface area contributed by atoms with Crippen LogP contribution in [0.2, 0.25) is 0 Å². The molecule has 0 bridgehead atoms. The molecule has 30 heavy (non-hydrogen) atoms. The van der Waals surface area contributed by atoms with E-state index >= 15 is 0 Å². The second kappa shape index (κ2) is 8.39. The summed E-state index contributed by atoms with van der Waals surface area (Å²) in [5.74, 6) is -0.353. The Hall–Kier alpha value is -3.64. The molecule has 0 spiro atoms. The van der Waals surface area contributed by atoms with E-state index in [1.54, 1.807) is 13.0 Å². The molecule has 0 atom stereocenters. The number of aliphatic hydroxyl groups is 1. The number of nitrogens with zero attached hydrogens (tertiary/aromatic N) is 1. The zero-order valence-electron chi connectivity index (χ0n) is 16.7. The van der Waals surface area contributed by atoms with Crippen molar-refractivity contribution in [1.82, 2.24) is 4.98 Å². The van der Waals surface area contributed by atoms with Crippen LogP contribution in [0.15, 0.2) is 60.7 Å². The number of hydrogen-bond acceptors (Lipinski definition) is 6. The monoisotopic (exact) mass is 401 g/mol. The van der Waals surface area contributed by atoms with E-state index in [-0.39, 0.29) is 19.0 Å². The van der Waals surface area contributed by atoms with E-state index in [1.165, 1.54) is 0 Å². The highest BCUT2D eigenvalue weighted by atomic mass is 16.5. The maximum atomic E-state index is 12.2. The average molecular weight is 401 g/mol. The number of nitrogens with one attached hydrogen (secondary N) is 1. The van der Waals surface area contributed by atoms with Crippen molar-refractivity contribution in [1.29, 1.82) is 0 Å². The number of anilines is 3. The van der Waals surface area contributed by atoms with Gasteiger partial charge in [0, 0.05) is 27.7 Å². The van der Waals surface area contributed by atoms with E-state index in [1.807, 2.05) is 54.6 Å². The molecule has 4 N–H and O–H groups in total. The summed E-state index contributed by atoms with van der Waals surface area (Å²) < 4.78 is 5.12. The first-order valence-corrected chi connectivity index (χ1v) is 9.83. The van der Waals surface area contributed by atoms with Gasteiger partial charge in [-0.1, -0.05) is 36.4 Å². The Morgan fingerprint density at radius 1 is 1.07 bits per heavy atom. The van der Waals surface area contributed by atoms with Crippen molar-refractivity contribution in [2.45, 2.75) is 20.0 Å². The summed E-state index contributed by atoms with van der Waals surface area (Å²) in [6.45, 7) is 1.91. The number of nitrogens with two attached hydrogens (primary N) is 1. The summed E-state index contributed by atoms with van der Waals surface area (Å²) in [6.07, 6.45) is 0.0364. The largest absolute Gasteiger partial charge is 0.466 e. The van der Waals surface area contributed by atoms with Crippen molar-refractivity contribution >= 4 is 44.8 Å². The van der Waals surface area contributed by atoms with Crippen LogP contribution in [0.4, 0.5) is 17.1 Å². The molecule has 4 aromatic rings. The molecule has 1 heterocycles. The van der Waals surface area contributed by atoms with Gasteiger partial charge in [-0.05, 0) is 36.8 Å². The van der Waals surface area contributed by atoms with Crippen LogP contribution in [-0.2, 0) is 22.6 Å². The van der Waals surface area contributed by atoms with Crippen LogP contribution in [0.25, 0.3) is 21.8 Å². The first kappa shape index (κ1) is 19.7. The molecular formula is C24H23N3O3. The number of carbonyl (C=O) groups excluding carboxylic acids is 1. The van der Waals surface area contributed by atoms with Crippen molar-refractivity contribution in [3.63, 3.8) is 0 Å². The van der Waals surface area contributed by atoms with Gasteiger partial charge in [0.25, 0.3) is 0 Å². The van der Waals surface area contributed by atoms with E-state index in [0.29, 0.717) is 29.1 Å². The third-order valence-electron chi connectivity index (χ3n) is 5.00. The standard InChI is InChI=1S/C24H23N3O3/c1-2-30-23(29)13-18-19(25)11-15(14-28)12-22(18)27-24-16-7-3-5-9-20(16)26-21-10-6-4-8-17(21)24/h3-12,28H,2,13-14,25H2,1H3,(H,26,27). The smallest absolute Gasteiger partial charge is 0.310 e. The number of nitrogen functional groups attached to an aromatic ring is 1. The van der Waals surface area contributed by atoms with E-state index in [0.717, 1.165) is 27.5 Å². The van der Waals surface area contributed by atoms with Gasteiger partial charge in [0.1, 0.15) is 0 Å². The molecule has 4 rings (SSSR count). The lowest BCUT2D eigenvalue weighted by molar-refractivity contribution is -0.142. The molecule has 6 heteroatoms. The zero-order valence-corrected chi connectivity index (χ0v) is 16.7. The molecule has 1 aromatic heterocycles. The average Bonchev–Trinajstić information content (AvgIpc) is 2.75. The lowest BCUT2D eigenvalue weighted by Crippen LogP contribution is -2.12. The van der Waals surface area contributed by atoms with Crippen molar-refractivity contribution in [2.75, 3.05) is 17.7 Å². The molecule has 0 radical (unpaired) electrons. The van der Waals surface area contributed by atoms with Gasteiger partial charge < -0.3 is 20.9 Å². The van der Waals surface area contributed by atoms with Crippen LogP contribution >= 0.6 is 0 Å². The molecule has 0 unspecified atom stereocenters. The van der Waals surface area contributed by atoms with Crippen LogP contribution in [0.3, 0.4) is 0 Å². The highest BCUT2D eigenvalue weighted by Crippen LogP contribution is 2.36. The summed E-state index contributed by atoms with van der Waals surface area (Å²) in [5, 5.41) is 15.1. The lowest BCUT2D eigenvalue weighted by atomic mass is 10.0. The minimum absolute atomic E-state index is 0.0364. The van der Waals surface area contributed by atoms with Gasteiger partial charge >= 0.3 is 5.97 Å².